The first-order valence-electron chi connectivity index (χ1n) is 9.53. The van der Waals surface area contributed by atoms with Gasteiger partial charge in [-0.3, -0.25) is 9.69 Å². The number of Topliss-reactive ketones (excluding diaryl/α,β-unsaturated/α-hetero) is 1. The molecule has 1 saturated heterocycles. The van der Waals surface area contributed by atoms with E-state index in [4.69, 9.17) is 4.74 Å². The second-order valence-corrected chi connectivity index (χ2v) is 8.55. The number of nitrogens with zero attached hydrogens (tertiary/aromatic N) is 1. The number of allylic oxidation sites excluding steroid dienone is 1. The molecule has 2 aliphatic heterocycles. The van der Waals surface area contributed by atoms with E-state index in [2.05, 4.69) is 24.8 Å². The van der Waals surface area contributed by atoms with Crippen molar-refractivity contribution in [3.8, 4) is 11.5 Å². The smallest absolute Gasteiger partial charge is 0.174 e. The Morgan fingerprint density at radius 1 is 1.38 bits per heavy atom. The minimum atomic E-state index is -0.995. The van der Waals surface area contributed by atoms with Crippen molar-refractivity contribution in [3.63, 3.8) is 0 Å². The standard InChI is InChI=1S/C21H25NO4/c1-12(2)6-9-22-10-8-20-17-13-3-4-14(23)18(17)26-19(20)15(24)5-7-21(20,25)16(22)11-13/h3-4,6,16,19,23,25H,5,7-11H2,1-2H3/t16-,19+,20-,21-/m1/s1. The Morgan fingerprint density at radius 2 is 2.19 bits per heavy atom. The molecule has 4 atom stereocenters. The lowest BCUT2D eigenvalue weighted by Crippen LogP contribution is -2.76. The van der Waals surface area contributed by atoms with Crippen molar-refractivity contribution in [3.05, 3.63) is 34.9 Å². The molecule has 1 saturated carbocycles. The highest BCUT2D eigenvalue weighted by molar-refractivity contribution is 5.90. The van der Waals surface area contributed by atoms with Crippen molar-refractivity contribution in [2.45, 2.75) is 62.7 Å². The average Bonchev–Trinajstić information content (AvgIpc) is 2.95. The molecule has 0 aromatic heterocycles. The van der Waals surface area contributed by atoms with Gasteiger partial charge in [-0.05, 0) is 44.7 Å². The molecule has 4 aliphatic rings. The minimum Gasteiger partial charge on any atom is -0.504 e. The van der Waals surface area contributed by atoms with E-state index in [9.17, 15) is 15.0 Å². The van der Waals surface area contributed by atoms with Crippen LogP contribution in [0.3, 0.4) is 0 Å². The number of carbonyl (C=O) groups is 1. The van der Waals surface area contributed by atoms with E-state index in [1.165, 1.54) is 5.57 Å². The summed E-state index contributed by atoms with van der Waals surface area (Å²) >= 11 is 0. The maximum Gasteiger partial charge on any atom is 0.174 e. The maximum atomic E-state index is 12.7. The third kappa shape index (κ3) is 1.75. The van der Waals surface area contributed by atoms with Crippen molar-refractivity contribution in [2.75, 3.05) is 13.1 Å². The number of hydrogen-bond donors (Lipinski definition) is 2. The summed E-state index contributed by atoms with van der Waals surface area (Å²) in [4.78, 5) is 15.1. The number of rotatable bonds is 2. The largest absolute Gasteiger partial charge is 0.504 e. The van der Waals surface area contributed by atoms with Gasteiger partial charge in [0.15, 0.2) is 23.4 Å². The Morgan fingerprint density at radius 3 is 2.96 bits per heavy atom. The molecule has 2 bridgehead atoms. The third-order valence-electron chi connectivity index (χ3n) is 7.10. The fourth-order valence-electron chi connectivity index (χ4n) is 5.93. The van der Waals surface area contributed by atoms with Crippen LogP contribution < -0.4 is 4.74 Å². The molecule has 5 rings (SSSR count). The van der Waals surface area contributed by atoms with E-state index < -0.39 is 17.1 Å². The van der Waals surface area contributed by atoms with Crippen LogP contribution in [0.1, 0.15) is 44.2 Å². The van der Waals surface area contributed by atoms with E-state index in [-0.39, 0.29) is 17.6 Å². The van der Waals surface area contributed by atoms with Crippen LogP contribution in [0.4, 0.5) is 0 Å². The van der Waals surface area contributed by atoms with Crippen LogP contribution in [-0.4, -0.2) is 51.7 Å². The topological polar surface area (TPSA) is 70.0 Å². The molecule has 5 heteroatoms. The molecular weight excluding hydrogens is 330 g/mol. The predicted octanol–water partition coefficient (Wildman–Crippen LogP) is 2.08. The quantitative estimate of drug-likeness (QED) is 0.795. The summed E-state index contributed by atoms with van der Waals surface area (Å²) in [6.07, 6.45) is 3.74. The predicted molar refractivity (Wildman–Crippen MR) is 96.5 cm³/mol. The SMILES string of the molecule is CC(C)=CCN1CC[C@@]23c4c5ccc(O)c4O[C@H]2C(=O)CC[C@@]3(O)[C@H]1C5. The van der Waals surface area contributed by atoms with Crippen LogP contribution >= 0.6 is 0 Å². The van der Waals surface area contributed by atoms with Gasteiger partial charge in [-0.1, -0.05) is 17.7 Å². The molecule has 2 fully saturated rings. The molecule has 0 amide bonds. The number of benzene rings is 1. The fraction of sp³-hybridized carbons (Fsp3) is 0.571. The van der Waals surface area contributed by atoms with Crippen LogP contribution in [0, 0.1) is 0 Å². The number of phenols is 1. The van der Waals surface area contributed by atoms with Gasteiger partial charge < -0.3 is 14.9 Å². The highest BCUT2D eigenvalue weighted by atomic mass is 16.5. The number of aliphatic hydroxyl groups is 1. The number of carbonyl (C=O) groups excluding carboxylic acids is 1. The number of hydrogen-bond acceptors (Lipinski definition) is 5. The zero-order valence-electron chi connectivity index (χ0n) is 15.3. The van der Waals surface area contributed by atoms with Gasteiger partial charge in [0.05, 0.1) is 11.0 Å². The summed E-state index contributed by atoms with van der Waals surface area (Å²) < 4.78 is 6.03. The first-order chi connectivity index (χ1) is 12.4. The van der Waals surface area contributed by atoms with E-state index in [0.717, 1.165) is 30.6 Å². The Bertz CT molecular complexity index is 843. The molecule has 2 aliphatic carbocycles. The highest BCUT2D eigenvalue weighted by Crippen LogP contribution is 2.64. The van der Waals surface area contributed by atoms with Crippen LogP contribution in [0.15, 0.2) is 23.8 Å². The van der Waals surface area contributed by atoms with Gasteiger partial charge in [0.2, 0.25) is 0 Å². The number of aromatic hydroxyl groups is 1. The Balaban J connectivity index is 1.71. The lowest BCUT2D eigenvalue weighted by Gasteiger charge is -2.62. The molecule has 138 valence electrons. The van der Waals surface area contributed by atoms with Crippen LogP contribution in [0.25, 0.3) is 0 Å². The zero-order chi connectivity index (χ0) is 18.3. The van der Waals surface area contributed by atoms with Gasteiger partial charge in [-0.15, -0.1) is 0 Å². The number of ether oxygens (including phenoxy) is 1. The van der Waals surface area contributed by atoms with Gasteiger partial charge >= 0.3 is 0 Å². The molecule has 2 N–H and O–H groups in total. The van der Waals surface area contributed by atoms with Gasteiger partial charge in [0.1, 0.15) is 0 Å². The monoisotopic (exact) mass is 355 g/mol. The average molecular weight is 355 g/mol. The third-order valence-corrected chi connectivity index (χ3v) is 7.10. The molecule has 1 aromatic carbocycles. The summed E-state index contributed by atoms with van der Waals surface area (Å²) in [5.41, 5.74) is 1.56. The van der Waals surface area contributed by atoms with Crippen molar-refractivity contribution in [2.24, 2.45) is 0 Å². The molecule has 2 heterocycles. The molecular formula is C21H25NO4. The van der Waals surface area contributed by atoms with Gasteiger partial charge in [-0.2, -0.15) is 0 Å². The van der Waals surface area contributed by atoms with Crippen molar-refractivity contribution < 1.29 is 19.7 Å². The summed E-state index contributed by atoms with van der Waals surface area (Å²) in [6.45, 7) is 5.81. The van der Waals surface area contributed by atoms with Gasteiger partial charge in [0, 0.05) is 31.1 Å². The Hall–Kier alpha value is -1.85. The van der Waals surface area contributed by atoms with E-state index in [1.807, 2.05) is 6.07 Å². The first-order valence-corrected chi connectivity index (χ1v) is 9.53. The van der Waals surface area contributed by atoms with Crippen molar-refractivity contribution in [1.29, 1.82) is 0 Å². The summed E-state index contributed by atoms with van der Waals surface area (Å²) in [6, 6.07) is 3.57. The fourth-order valence-corrected chi connectivity index (χ4v) is 5.93. The summed E-state index contributed by atoms with van der Waals surface area (Å²) in [5, 5.41) is 22.3. The highest BCUT2D eigenvalue weighted by Gasteiger charge is 2.73. The minimum absolute atomic E-state index is 0.0333. The van der Waals surface area contributed by atoms with Crippen LogP contribution in [0.2, 0.25) is 0 Å². The Labute approximate surface area is 153 Å². The second kappa shape index (κ2) is 5.11. The normalized spacial score (nSPS) is 37.1. The number of ketones is 1. The molecule has 1 aromatic rings. The molecule has 0 unspecified atom stereocenters. The maximum absolute atomic E-state index is 12.7. The lowest BCUT2D eigenvalue weighted by atomic mass is 9.49. The Kier molecular flexibility index (Phi) is 3.21. The van der Waals surface area contributed by atoms with Crippen LogP contribution in [-0.2, 0) is 16.6 Å². The lowest BCUT2D eigenvalue weighted by molar-refractivity contribution is -0.187. The summed E-state index contributed by atoms with van der Waals surface area (Å²) in [5.74, 6) is 0.556. The first kappa shape index (κ1) is 16.3. The van der Waals surface area contributed by atoms with Gasteiger partial charge in [-0.25, -0.2) is 0 Å². The van der Waals surface area contributed by atoms with Gasteiger partial charge in [0.25, 0.3) is 0 Å². The van der Waals surface area contributed by atoms with E-state index in [1.54, 1.807) is 6.07 Å². The second-order valence-electron chi connectivity index (χ2n) is 8.55. The zero-order valence-corrected chi connectivity index (χ0v) is 15.3. The molecule has 5 nitrogen and oxygen atoms in total. The number of piperidine rings is 1. The summed E-state index contributed by atoms with van der Waals surface area (Å²) in [7, 11) is 0. The number of phenolic OH excluding ortho intramolecular Hbond substituents is 1. The molecule has 1 spiro atoms. The van der Waals surface area contributed by atoms with E-state index in [0.29, 0.717) is 25.0 Å². The number of likely N-dealkylation sites (tertiary alicyclic amines) is 1. The van der Waals surface area contributed by atoms with Crippen molar-refractivity contribution >= 4 is 5.78 Å². The van der Waals surface area contributed by atoms with Crippen LogP contribution in [0.5, 0.6) is 11.5 Å². The molecule has 0 radical (unpaired) electrons. The van der Waals surface area contributed by atoms with Crippen molar-refractivity contribution in [1.82, 2.24) is 4.90 Å². The molecule has 26 heavy (non-hydrogen) atoms. The van der Waals surface area contributed by atoms with E-state index >= 15 is 0 Å².